The van der Waals surface area contributed by atoms with E-state index in [1.807, 2.05) is 6.92 Å². The summed E-state index contributed by atoms with van der Waals surface area (Å²) >= 11 is 3.78. The Labute approximate surface area is 125 Å². The van der Waals surface area contributed by atoms with Crippen molar-refractivity contribution in [1.82, 2.24) is 4.98 Å². The van der Waals surface area contributed by atoms with E-state index >= 15 is 0 Å². The molecule has 0 spiro atoms. The third-order valence-corrected chi connectivity index (χ3v) is 14.6. The SMILES string of the molecule is CC[As](C)S(=O)(=O)c1c(C(N)=O)[nH]c2ccc(Cl)cc12. The predicted octanol–water partition coefficient (Wildman–Crippen LogP) is 2.34. The Kier molecular flexibility index (Phi) is 4.19. The summed E-state index contributed by atoms with van der Waals surface area (Å²) < 4.78 is 25.3. The molecule has 20 heavy (non-hydrogen) atoms. The van der Waals surface area contributed by atoms with Crippen LogP contribution in [0.2, 0.25) is 15.9 Å². The third kappa shape index (κ3) is 2.48. The van der Waals surface area contributed by atoms with Crippen molar-refractivity contribution < 1.29 is 13.2 Å². The summed E-state index contributed by atoms with van der Waals surface area (Å²) in [7, 11) is -3.51. The van der Waals surface area contributed by atoms with E-state index in [9.17, 15) is 13.2 Å². The molecule has 0 aliphatic rings. The summed E-state index contributed by atoms with van der Waals surface area (Å²) in [6.07, 6.45) is 0. The maximum atomic E-state index is 12.7. The van der Waals surface area contributed by atoms with E-state index in [1.54, 1.807) is 23.9 Å². The van der Waals surface area contributed by atoms with E-state index in [0.717, 1.165) is 0 Å². The summed E-state index contributed by atoms with van der Waals surface area (Å²) in [6.45, 7) is 1.84. The standard InChI is InChI=1S/C12H14AsClN2O3S/c1-3-13(2)20(18,19)11-8-6-7(14)4-5-9(8)16-10(11)12(15)17/h4-6,16H,3H2,1-2H3,(H2,15,17). The van der Waals surface area contributed by atoms with Gasteiger partial charge in [0.2, 0.25) is 0 Å². The molecule has 2 rings (SSSR count). The summed E-state index contributed by atoms with van der Waals surface area (Å²) in [5.74, 6) is -0.783. The second kappa shape index (κ2) is 5.43. The van der Waals surface area contributed by atoms with Crippen molar-refractivity contribution in [2.75, 3.05) is 0 Å². The number of fused-ring (bicyclic) bond motifs is 1. The van der Waals surface area contributed by atoms with E-state index in [-0.39, 0.29) is 10.6 Å². The first kappa shape index (κ1) is 15.4. The fourth-order valence-electron chi connectivity index (χ4n) is 1.91. The van der Waals surface area contributed by atoms with Crippen molar-refractivity contribution in [2.24, 2.45) is 5.73 Å². The average molecular weight is 377 g/mol. The van der Waals surface area contributed by atoms with Crippen LogP contribution in [0.3, 0.4) is 0 Å². The molecule has 0 aliphatic heterocycles. The van der Waals surface area contributed by atoms with Gasteiger partial charge >= 0.3 is 126 Å². The Morgan fingerprint density at radius 2 is 2.10 bits per heavy atom. The van der Waals surface area contributed by atoms with Crippen LogP contribution in [0.5, 0.6) is 0 Å². The van der Waals surface area contributed by atoms with Gasteiger partial charge in [-0.25, -0.2) is 0 Å². The second-order valence-electron chi connectivity index (χ2n) is 4.30. The third-order valence-electron chi connectivity index (χ3n) is 3.07. The summed E-state index contributed by atoms with van der Waals surface area (Å²) in [5.41, 5.74) is 7.53. The fourth-order valence-corrected chi connectivity index (χ4v) is 8.88. The van der Waals surface area contributed by atoms with E-state index in [0.29, 0.717) is 21.1 Å². The number of hydrogen-bond acceptors (Lipinski definition) is 3. The number of rotatable bonds is 4. The van der Waals surface area contributed by atoms with Crippen LogP contribution in [0.15, 0.2) is 23.1 Å². The second-order valence-corrected chi connectivity index (χ2v) is 16.3. The molecular formula is C12H14AsClN2O3S. The number of benzene rings is 1. The Hall–Kier alpha value is -0.972. The molecule has 1 atom stereocenters. The van der Waals surface area contributed by atoms with Crippen LogP contribution in [-0.4, -0.2) is 32.8 Å². The van der Waals surface area contributed by atoms with Crippen LogP contribution in [0.4, 0.5) is 0 Å². The molecule has 1 unspecified atom stereocenters. The molecule has 8 heteroatoms. The predicted molar refractivity (Wildman–Crippen MR) is 81.1 cm³/mol. The van der Waals surface area contributed by atoms with Crippen molar-refractivity contribution in [1.29, 1.82) is 0 Å². The first-order valence-corrected chi connectivity index (χ1v) is 13.2. The number of primary amides is 1. The number of halogens is 1. The van der Waals surface area contributed by atoms with Crippen LogP contribution in [-0.2, 0) is 8.10 Å². The molecule has 5 nitrogen and oxygen atoms in total. The van der Waals surface area contributed by atoms with Crippen molar-refractivity contribution in [3.05, 3.63) is 28.9 Å². The topological polar surface area (TPSA) is 93.0 Å². The molecule has 0 bridgehead atoms. The minimum absolute atomic E-state index is 0.00634. The number of amides is 1. The molecule has 0 aliphatic carbocycles. The van der Waals surface area contributed by atoms with Gasteiger partial charge in [0.25, 0.3) is 0 Å². The molecule has 0 radical (unpaired) electrons. The van der Waals surface area contributed by atoms with E-state index in [1.165, 1.54) is 0 Å². The molecular weight excluding hydrogens is 363 g/mol. The van der Waals surface area contributed by atoms with Gasteiger partial charge in [-0.2, -0.15) is 0 Å². The molecule has 1 aromatic carbocycles. The quantitative estimate of drug-likeness (QED) is 0.802. The van der Waals surface area contributed by atoms with Crippen LogP contribution >= 0.6 is 11.6 Å². The number of nitrogens with two attached hydrogens (primary N) is 1. The summed E-state index contributed by atoms with van der Waals surface area (Å²) in [4.78, 5) is 14.3. The van der Waals surface area contributed by atoms with Gasteiger partial charge in [0, 0.05) is 0 Å². The van der Waals surface area contributed by atoms with Gasteiger partial charge in [-0.05, 0) is 0 Å². The minimum atomic E-state index is -3.51. The van der Waals surface area contributed by atoms with E-state index < -0.39 is 27.5 Å². The zero-order valence-electron chi connectivity index (χ0n) is 11.0. The molecule has 1 aromatic heterocycles. The number of nitrogens with one attached hydrogen (secondary N) is 1. The molecule has 2 aromatic rings. The van der Waals surface area contributed by atoms with Crippen molar-refractivity contribution in [3.63, 3.8) is 0 Å². The van der Waals surface area contributed by atoms with Crippen molar-refractivity contribution in [2.45, 2.75) is 22.7 Å². The number of carbonyl (C=O) groups is 1. The molecule has 108 valence electrons. The normalized spacial score (nSPS) is 13.6. The Balaban J connectivity index is 2.88. The van der Waals surface area contributed by atoms with Crippen LogP contribution in [0.25, 0.3) is 10.9 Å². The molecule has 0 saturated heterocycles. The molecule has 0 saturated carbocycles. The number of H-pyrrole nitrogens is 1. The first-order valence-electron chi connectivity index (χ1n) is 5.86. The van der Waals surface area contributed by atoms with Gasteiger partial charge in [-0.3, -0.25) is 0 Å². The van der Waals surface area contributed by atoms with Crippen LogP contribution < -0.4 is 5.73 Å². The van der Waals surface area contributed by atoms with Crippen molar-refractivity contribution in [3.8, 4) is 0 Å². The molecule has 1 amide bonds. The fraction of sp³-hybridized carbons (Fsp3) is 0.250. The molecule has 1 heterocycles. The Morgan fingerprint density at radius 3 is 2.65 bits per heavy atom. The maximum absolute atomic E-state index is 12.7. The monoisotopic (exact) mass is 376 g/mol. The van der Waals surface area contributed by atoms with Crippen LogP contribution in [0, 0.1) is 0 Å². The first-order chi connectivity index (χ1) is 9.28. The number of aromatic nitrogens is 1. The number of aromatic amines is 1. The molecule has 0 fully saturated rings. The van der Waals surface area contributed by atoms with E-state index in [4.69, 9.17) is 17.3 Å². The summed E-state index contributed by atoms with van der Waals surface area (Å²) in [6, 6.07) is 4.81. The summed E-state index contributed by atoms with van der Waals surface area (Å²) in [5, 5.41) is 1.43. The van der Waals surface area contributed by atoms with Gasteiger partial charge in [0.05, 0.1) is 0 Å². The Bertz CT molecular complexity index is 785. The molecule has 3 N–H and O–H groups in total. The zero-order chi connectivity index (χ0) is 15.1. The van der Waals surface area contributed by atoms with Gasteiger partial charge in [0.1, 0.15) is 0 Å². The van der Waals surface area contributed by atoms with Gasteiger partial charge in [-0.1, -0.05) is 0 Å². The van der Waals surface area contributed by atoms with Gasteiger partial charge in [-0.15, -0.1) is 0 Å². The van der Waals surface area contributed by atoms with Crippen molar-refractivity contribution >= 4 is 50.0 Å². The number of carbonyl (C=O) groups excluding carboxylic acids is 1. The number of hydrogen-bond donors (Lipinski definition) is 2. The van der Waals surface area contributed by atoms with Gasteiger partial charge < -0.3 is 0 Å². The van der Waals surface area contributed by atoms with Crippen LogP contribution in [0.1, 0.15) is 17.4 Å². The Morgan fingerprint density at radius 1 is 1.45 bits per heavy atom. The van der Waals surface area contributed by atoms with Gasteiger partial charge in [0.15, 0.2) is 0 Å². The zero-order valence-corrected chi connectivity index (χ0v) is 14.4. The average Bonchev–Trinajstić information content (AvgIpc) is 2.76. The van der Waals surface area contributed by atoms with E-state index in [2.05, 4.69) is 4.98 Å².